The smallest absolute Gasteiger partial charge is 0.226 e. The first-order valence-electron chi connectivity index (χ1n) is 8.52. The van der Waals surface area contributed by atoms with Gasteiger partial charge in [-0.05, 0) is 24.8 Å². The minimum absolute atomic E-state index is 0.151. The van der Waals surface area contributed by atoms with Crippen LogP contribution in [0.5, 0.6) is 0 Å². The predicted molar refractivity (Wildman–Crippen MR) is 87.2 cm³/mol. The Kier molecular flexibility index (Phi) is 3.88. The van der Waals surface area contributed by atoms with E-state index in [1.807, 2.05) is 37.3 Å². The van der Waals surface area contributed by atoms with Crippen molar-refractivity contribution in [3.63, 3.8) is 0 Å². The summed E-state index contributed by atoms with van der Waals surface area (Å²) in [5.41, 5.74) is 2.10. The SMILES string of the molecule is Cc1cc(CN2CCN(C(=O)[C@H]3C[C@H]3c3cnn(C)c3)CC2)on1. The molecule has 2 atom stereocenters. The fraction of sp³-hybridized carbons (Fsp3) is 0.588. The molecule has 0 spiro atoms. The number of carbonyl (C=O) groups excluding carboxylic acids is 1. The monoisotopic (exact) mass is 329 g/mol. The van der Waals surface area contributed by atoms with Gasteiger partial charge in [-0.15, -0.1) is 0 Å². The summed E-state index contributed by atoms with van der Waals surface area (Å²) in [4.78, 5) is 17.0. The molecule has 0 radical (unpaired) electrons. The molecule has 1 amide bonds. The molecule has 4 rings (SSSR count). The molecule has 0 aromatic carbocycles. The third-order valence-corrected chi connectivity index (χ3v) is 5.00. The van der Waals surface area contributed by atoms with Gasteiger partial charge in [0.25, 0.3) is 0 Å². The molecular formula is C17H23N5O2. The standard InChI is InChI=1S/C17H23N5O2/c1-12-7-14(24-19-12)11-21-3-5-22(6-4-21)17(23)16-8-15(16)13-9-18-20(2)10-13/h7,9-10,15-16H,3-6,8,11H2,1-2H3/t15-,16-/m0/s1. The largest absolute Gasteiger partial charge is 0.360 e. The third-order valence-electron chi connectivity index (χ3n) is 5.00. The van der Waals surface area contributed by atoms with Crippen molar-refractivity contribution in [1.82, 2.24) is 24.7 Å². The predicted octanol–water partition coefficient (Wildman–Crippen LogP) is 1.16. The number of aromatic nitrogens is 3. The number of carbonyl (C=O) groups is 1. The first-order chi connectivity index (χ1) is 11.6. The Morgan fingerprint density at radius 1 is 1.33 bits per heavy atom. The van der Waals surface area contributed by atoms with Crippen LogP contribution in [0.1, 0.15) is 29.4 Å². The number of rotatable bonds is 4. The van der Waals surface area contributed by atoms with Gasteiger partial charge in [0.2, 0.25) is 5.91 Å². The lowest BCUT2D eigenvalue weighted by Crippen LogP contribution is -2.48. The van der Waals surface area contributed by atoms with Gasteiger partial charge in [0.15, 0.2) is 5.76 Å². The third kappa shape index (κ3) is 3.08. The van der Waals surface area contributed by atoms with Gasteiger partial charge in [0.05, 0.1) is 18.4 Å². The highest BCUT2D eigenvalue weighted by Gasteiger charge is 2.46. The molecule has 2 fully saturated rings. The van der Waals surface area contributed by atoms with Gasteiger partial charge in [0, 0.05) is 51.4 Å². The summed E-state index contributed by atoms with van der Waals surface area (Å²) in [6.45, 7) is 6.05. The van der Waals surface area contributed by atoms with Crippen LogP contribution in [0.3, 0.4) is 0 Å². The van der Waals surface area contributed by atoms with E-state index in [1.54, 1.807) is 4.68 Å². The lowest BCUT2D eigenvalue weighted by atomic mass is 10.1. The highest BCUT2D eigenvalue weighted by Crippen LogP contribution is 2.48. The molecule has 1 saturated carbocycles. The molecule has 0 bridgehead atoms. The first-order valence-corrected chi connectivity index (χ1v) is 8.52. The van der Waals surface area contributed by atoms with Gasteiger partial charge in [-0.2, -0.15) is 5.10 Å². The summed E-state index contributed by atoms with van der Waals surface area (Å²) in [5.74, 6) is 1.71. The minimum atomic E-state index is 0.151. The van der Waals surface area contributed by atoms with Gasteiger partial charge < -0.3 is 9.42 Å². The van der Waals surface area contributed by atoms with Crippen LogP contribution in [-0.2, 0) is 18.4 Å². The summed E-state index contributed by atoms with van der Waals surface area (Å²) in [5, 5.41) is 8.13. The van der Waals surface area contributed by atoms with Crippen molar-refractivity contribution in [2.75, 3.05) is 26.2 Å². The van der Waals surface area contributed by atoms with Crippen molar-refractivity contribution < 1.29 is 9.32 Å². The number of piperazine rings is 1. The van der Waals surface area contributed by atoms with Gasteiger partial charge in [-0.25, -0.2) is 0 Å². The van der Waals surface area contributed by atoms with Crippen molar-refractivity contribution in [2.24, 2.45) is 13.0 Å². The van der Waals surface area contributed by atoms with E-state index in [0.29, 0.717) is 11.8 Å². The second-order valence-corrected chi connectivity index (χ2v) is 6.93. The summed E-state index contributed by atoms with van der Waals surface area (Å²) < 4.78 is 7.08. The van der Waals surface area contributed by atoms with E-state index in [0.717, 1.165) is 50.6 Å². The van der Waals surface area contributed by atoms with E-state index in [9.17, 15) is 4.79 Å². The van der Waals surface area contributed by atoms with Crippen molar-refractivity contribution >= 4 is 5.91 Å². The summed E-state index contributed by atoms with van der Waals surface area (Å²) >= 11 is 0. The van der Waals surface area contributed by atoms with E-state index in [-0.39, 0.29) is 5.92 Å². The molecule has 0 N–H and O–H groups in total. The zero-order valence-corrected chi connectivity index (χ0v) is 14.2. The number of aryl methyl sites for hydroxylation is 2. The van der Waals surface area contributed by atoms with Gasteiger partial charge in [-0.1, -0.05) is 5.16 Å². The van der Waals surface area contributed by atoms with Crippen molar-refractivity contribution in [3.05, 3.63) is 35.5 Å². The number of nitrogens with zero attached hydrogens (tertiary/aromatic N) is 5. The van der Waals surface area contributed by atoms with Crippen LogP contribution in [0.15, 0.2) is 23.0 Å². The molecule has 0 unspecified atom stereocenters. The van der Waals surface area contributed by atoms with E-state index >= 15 is 0 Å². The van der Waals surface area contributed by atoms with Gasteiger partial charge >= 0.3 is 0 Å². The molecule has 2 aromatic rings. The summed E-state index contributed by atoms with van der Waals surface area (Å²) in [6, 6.07) is 1.97. The van der Waals surface area contributed by atoms with Crippen LogP contribution in [-0.4, -0.2) is 56.8 Å². The van der Waals surface area contributed by atoms with Crippen LogP contribution >= 0.6 is 0 Å². The number of hydrogen-bond donors (Lipinski definition) is 0. The topological polar surface area (TPSA) is 67.4 Å². The normalized spacial score (nSPS) is 24.3. The maximum atomic E-state index is 12.7. The molecular weight excluding hydrogens is 306 g/mol. The molecule has 7 heteroatoms. The average Bonchev–Trinajstić information content (AvgIpc) is 3.09. The molecule has 7 nitrogen and oxygen atoms in total. The molecule has 24 heavy (non-hydrogen) atoms. The fourth-order valence-electron chi connectivity index (χ4n) is 3.54. The summed E-state index contributed by atoms with van der Waals surface area (Å²) in [7, 11) is 1.91. The Hall–Kier alpha value is -2.15. The van der Waals surface area contributed by atoms with Crippen LogP contribution in [0.4, 0.5) is 0 Å². The minimum Gasteiger partial charge on any atom is -0.360 e. The Labute approximate surface area is 141 Å². The Balaban J connectivity index is 1.28. The maximum Gasteiger partial charge on any atom is 0.226 e. The van der Waals surface area contributed by atoms with Gasteiger partial charge in [0.1, 0.15) is 0 Å². The lowest BCUT2D eigenvalue weighted by Gasteiger charge is -2.34. The Morgan fingerprint density at radius 3 is 2.75 bits per heavy atom. The van der Waals surface area contributed by atoms with E-state index in [4.69, 9.17) is 4.52 Å². The second-order valence-electron chi connectivity index (χ2n) is 6.93. The molecule has 1 saturated heterocycles. The van der Waals surface area contributed by atoms with Crippen molar-refractivity contribution in [3.8, 4) is 0 Å². The molecule has 1 aliphatic carbocycles. The highest BCUT2D eigenvalue weighted by molar-refractivity contribution is 5.83. The van der Waals surface area contributed by atoms with Crippen molar-refractivity contribution in [1.29, 1.82) is 0 Å². The molecule has 3 heterocycles. The molecule has 2 aromatic heterocycles. The van der Waals surface area contributed by atoms with E-state index < -0.39 is 0 Å². The zero-order valence-electron chi connectivity index (χ0n) is 14.2. The van der Waals surface area contributed by atoms with Crippen LogP contribution < -0.4 is 0 Å². The maximum absolute atomic E-state index is 12.7. The number of hydrogen-bond acceptors (Lipinski definition) is 5. The quantitative estimate of drug-likeness (QED) is 0.842. The van der Waals surface area contributed by atoms with E-state index in [1.165, 1.54) is 5.56 Å². The lowest BCUT2D eigenvalue weighted by molar-refractivity contribution is -0.134. The molecule has 2 aliphatic rings. The van der Waals surface area contributed by atoms with Crippen LogP contribution in [0.2, 0.25) is 0 Å². The Bertz CT molecular complexity index is 729. The highest BCUT2D eigenvalue weighted by atomic mass is 16.5. The molecule has 128 valence electrons. The fourth-order valence-corrected chi connectivity index (χ4v) is 3.54. The zero-order chi connectivity index (χ0) is 16.7. The Morgan fingerprint density at radius 2 is 2.12 bits per heavy atom. The molecule has 1 aliphatic heterocycles. The second kappa shape index (κ2) is 6.05. The van der Waals surface area contributed by atoms with Crippen molar-refractivity contribution in [2.45, 2.75) is 25.8 Å². The summed E-state index contributed by atoms with van der Waals surface area (Å²) in [6.07, 6.45) is 4.87. The average molecular weight is 329 g/mol. The van der Waals surface area contributed by atoms with Gasteiger partial charge in [-0.3, -0.25) is 14.4 Å². The van der Waals surface area contributed by atoms with Crippen LogP contribution in [0.25, 0.3) is 0 Å². The van der Waals surface area contributed by atoms with E-state index in [2.05, 4.69) is 15.2 Å². The first kappa shape index (κ1) is 15.4. The number of amides is 1. The van der Waals surface area contributed by atoms with Crippen LogP contribution in [0, 0.1) is 12.8 Å².